The summed E-state index contributed by atoms with van der Waals surface area (Å²) in [4.78, 5) is 24.6. The Bertz CT molecular complexity index is 880. The molecule has 1 saturated carbocycles. The molecule has 2 unspecified atom stereocenters. The first-order valence-electron chi connectivity index (χ1n) is 9.09. The van der Waals surface area contributed by atoms with Crippen molar-refractivity contribution >= 4 is 11.8 Å². The first-order valence-corrected chi connectivity index (χ1v) is 9.09. The van der Waals surface area contributed by atoms with Gasteiger partial charge >= 0.3 is 0 Å². The van der Waals surface area contributed by atoms with E-state index in [-0.39, 0.29) is 30.4 Å². The zero-order valence-electron chi connectivity index (χ0n) is 15.2. The lowest BCUT2D eigenvalue weighted by atomic mass is 10.1. The molecule has 0 saturated heterocycles. The van der Waals surface area contributed by atoms with Gasteiger partial charge in [0.05, 0.1) is 11.8 Å². The number of hydrogen-bond acceptors (Lipinski definition) is 4. The molecule has 27 heavy (non-hydrogen) atoms. The van der Waals surface area contributed by atoms with Crippen LogP contribution in [0.2, 0.25) is 0 Å². The van der Waals surface area contributed by atoms with Gasteiger partial charge in [0.2, 0.25) is 18.6 Å². The van der Waals surface area contributed by atoms with Gasteiger partial charge in [-0.25, -0.2) is 0 Å². The SMILES string of the molecule is Cc1cccc(CNC(=O)C2CC2C(=O)NCc2ccc3c(c2)OCO3)c1. The molecule has 4 rings (SSSR count). The van der Waals surface area contributed by atoms with E-state index in [1.54, 1.807) is 0 Å². The predicted molar refractivity (Wildman–Crippen MR) is 99.0 cm³/mol. The molecule has 2 N–H and O–H groups in total. The second-order valence-electron chi connectivity index (χ2n) is 7.06. The highest BCUT2D eigenvalue weighted by Gasteiger charge is 2.47. The van der Waals surface area contributed by atoms with E-state index in [9.17, 15) is 9.59 Å². The highest BCUT2D eigenvalue weighted by molar-refractivity contribution is 5.92. The van der Waals surface area contributed by atoms with Crippen LogP contribution in [-0.4, -0.2) is 18.6 Å². The van der Waals surface area contributed by atoms with Crippen LogP contribution in [0.25, 0.3) is 0 Å². The van der Waals surface area contributed by atoms with Gasteiger partial charge in [0.25, 0.3) is 0 Å². The third-order valence-electron chi connectivity index (χ3n) is 4.92. The largest absolute Gasteiger partial charge is 0.454 e. The number of aryl methyl sites for hydroxylation is 1. The predicted octanol–water partition coefficient (Wildman–Crippen LogP) is 2.29. The lowest BCUT2D eigenvalue weighted by Crippen LogP contribution is -2.29. The number of benzene rings is 2. The van der Waals surface area contributed by atoms with Crippen LogP contribution < -0.4 is 20.1 Å². The smallest absolute Gasteiger partial charge is 0.231 e. The Morgan fingerprint density at radius 3 is 2.30 bits per heavy atom. The highest BCUT2D eigenvalue weighted by atomic mass is 16.7. The Labute approximate surface area is 157 Å². The lowest BCUT2D eigenvalue weighted by Gasteiger charge is -2.07. The fraction of sp³-hybridized carbons (Fsp3) is 0.333. The topological polar surface area (TPSA) is 76.7 Å². The standard InChI is InChI=1S/C21H22N2O4/c1-13-3-2-4-14(7-13)10-22-20(24)16-9-17(16)21(25)23-11-15-5-6-18-19(8-15)27-12-26-18/h2-8,16-17H,9-12H2,1H3,(H,22,24)(H,23,25). The van der Waals surface area contributed by atoms with Crippen LogP contribution in [0.15, 0.2) is 42.5 Å². The Hall–Kier alpha value is -3.02. The minimum atomic E-state index is -0.239. The van der Waals surface area contributed by atoms with Gasteiger partial charge in [-0.3, -0.25) is 9.59 Å². The third kappa shape index (κ3) is 4.05. The van der Waals surface area contributed by atoms with E-state index in [1.165, 1.54) is 0 Å². The fourth-order valence-corrected chi connectivity index (χ4v) is 3.29. The molecule has 2 aromatic carbocycles. The Balaban J connectivity index is 1.23. The number of carbonyl (C=O) groups is 2. The summed E-state index contributed by atoms with van der Waals surface area (Å²) in [7, 11) is 0. The summed E-state index contributed by atoms with van der Waals surface area (Å²) < 4.78 is 10.6. The van der Waals surface area contributed by atoms with Gasteiger partial charge in [0, 0.05) is 13.1 Å². The monoisotopic (exact) mass is 366 g/mol. The number of amides is 2. The minimum absolute atomic E-state index is 0.0558. The molecule has 2 aromatic rings. The number of ether oxygens (including phenoxy) is 2. The number of rotatable bonds is 6. The quantitative estimate of drug-likeness (QED) is 0.822. The molecule has 0 aromatic heterocycles. The van der Waals surface area contributed by atoms with E-state index < -0.39 is 0 Å². The van der Waals surface area contributed by atoms with Crippen molar-refractivity contribution in [3.63, 3.8) is 0 Å². The van der Waals surface area contributed by atoms with Gasteiger partial charge in [-0.05, 0) is 36.6 Å². The molecular formula is C21H22N2O4. The average molecular weight is 366 g/mol. The zero-order valence-corrected chi connectivity index (χ0v) is 15.2. The van der Waals surface area contributed by atoms with E-state index in [1.807, 2.05) is 49.4 Å². The van der Waals surface area contributed by atoms with Gasteiger partial charge < -0.3 is 20.1 Å². The summed E-state index contributed by atoms with van der Waals surface area (Å²) in [6.45, 7) is 3.14. The van der Waals surface area contributed by atoms with E-state index >= 15 is 0 Å². The van der Waals surface area contributed by atoms with Gasteiger partial charge in [0.15, 0.2) is 11.5 Å². The Morgan fingerprint density at radius 2 is 1.59 bits per heavy atom. The fourth-order valence-electron chi connectivity index (χ4n) is 3.29. The first kappa shape index (κ1) is 17.4. The molecule has 0 bridgehead atoms. The maximum Gasteiger partial charge on any atom is 0.231 e. The molecule has 0 radical (unpaired) electrons. The van der Waals surface area contributed by atoms with Gasteiger partial charge in [-0.1, -0.05) is 35.9 Å². The maximum absolute atomic E-state index is 12.3. The Kier molecular flexibility index (Phi) is 4.71. The van der Waals surface area contributed by atoms with Crippen molar-refractivity contribution in [1.82, 2.24) is 10.6 Å². The van der Waals surface area contributed by atoms with Crippen molar-refractivity contribution in [3.8, 4) is 11.5 Å². The summed E-state index contributed by atoms with van der Waals surface area (Å²) in [5, 5.41) is 5.83. The van der Waals surface area contributed by atoms with Crippen molar-refractivity contribution in [1.29, 1.82) is 0 Å². The molecule has 6 nitrogen and oxygen atoms in total. The number of carbonyl (C=O) groups excluding carboxylic acids is 2. The van der Waals surface area contributed by atoms with Crippen LogP contribution in [0.3, 0.4) is 0 Å². The summed E-state index contributed by atoms with van der Waals surface area (Å²) >= 11 is 0. The van der Waals surface area contributed by atoms with Crippen molar-refractivity contribution < 1.29 is 19.1 Å². The molecule has 1 aliphatic heterocycles. The van der Waals surface area contributed by atoms with Crippen LogP contribution in [0.5, 0.6) is 11.5 Å². The molecule has 6 heteroatoms. The minimum Gasteiger partial charge on any atom is -0.454 e. The highest BCUT2D eigenvalue weighted by Crippen LogP contribution is 2.39. The normalized spacial score (nSPS) is 19.4. The summed E-state index contributed by atoms with van der Waals surface area (Å²) in [6, 6.07) is 13.6. The molecule has 0 spiro atoms. The lowest BCUT2D eigenvalue weighted by molar-refractivity contribution is -0.127. The van der Waals surface area contributed by atoms with E-state index in [0.717, 1.165) is 22.4 Å². The van der Waals surface area contributed by atoms with Gasteiger partial charge in [0.1, 0.15) is 0 Å². The zero-order chi connectivity index (χ0) is 18.8. The maximum atomic E-state index is 12.3. The average Bonchev–Trinajstić information content (AvgIpc) is 3.34. The van der Waals surface area contributed by atoms with Crippen molar-refractivity contribution in [3.05, 3.63) is 59.2 Å². The van der Waals surface area contributed by atoms with Crippen LogP contribution >= 0.6 is 0 Å². The molecule has 1 aliphatic carbocycles. The molecular weight excluding hydrogens is 344 g/mol. The number of nitrogens with one attached hydrogen (secondary N) is 2. The number of hydrogen-bond donors (Lipinski definition) is 2. The van der Waals surface area contributed by atoms with Crippen molar-refractivity contribution in [2.75, 3.05) is 6.79 Å². The second kappa shape index (κ2) is 7.31. The van der Waals surface area contributed by atoms with Crippen molar-refractivity contribution in [2.24, 2.45) is 11.8 Å². The molecule has 1 heterocycles. The Morgan fingerprint density at radius 1 is 0.926 bits per heavy atom. The van der Waals surface area contributed by atoms with Crippen LogP contribution in [0.1, 0.15) is 23.1 Å². The number of fused-ring (bicyclic) bond motifs is 1. The summed E-state index contributed by atoms with van der Waals surface area (Å²) in [5.41, 5.74) is 3.16. The molecule has 2 aliphatic rings. The van der Waals surface area contributed by atoms with Crippen LogP contribution in [-0.2, 0) is 22.7 Å². The van der Waals surface area contributed by atoms with Crippen LogP contribution in [0, 0.1) is 18.8 Å². The second-order valence-corrected chi connectivity index (χ2v) is 7.06. The third-order valence-corrected chi connectivity index (χ3v) is 4.92. The van der Waals surface area contributed by atoms with E-state index in [4.69, 9.17) is 9.47 Å². The van der Waals surface area contributed by atoms with Crippen molar-refractivity contribution in [2.45, 2.75) is 26.4 Å². The first-order chi connectivity index (χ1) is 13.1. The van der Waals surface area contributed by atoms with Crippen LogP contribution in [0.4, 0.5) is 0 Å². The molecule has 1 fully saturated rings. The summed E-state index contributed by atoms with van der Waals surface area (Å²) in [6.07, 6.45) is 0.604. The van der Waals surface area contributed by atoms with E-state index in [2.05, 4.69) is 10.6 Å². The molecule has 2 amide bonds. The summed E-state index contributed by atoms with van der Waals surface area (Å²) in [5.74, 6) is 0.811. The molecule has 2 atom stereocenters. The molecule has 140 valence electrons. The van der Waals surface area contributed by atoms with Gasteiger partial charge in [-0.15, -0.1) is 0 Å². The van der Waals surface area contributed by atoms with Gasteiger partial charge in [-0.2, -0.15) is 0 Å². The van der Waals surface area contributed by atoms with E-state index in [0.29, 0.717) is 25.3 Å².